The minimum Gasteiger partial charge on any atom is -0.337 e. The van der Waals surface area contributed by atoms with Crippen molar-refractivity contribution in [2.45, 2.75) is 13.1 Å². The molecule has 2 rings (SSSR count). The highest BCUT2D eigenvalue weighted by molar-refractivity contribution is 9.10. The Morgan fingerprint density at radius 1 is 1.38 bits per heavy atom. The van der Waals surface area contributed by atoms with Crippen molar-refractivity contribution in [3.63, 3.8) is 0 Å². The average Bonchev–Trinajstić information content (AvgIpc) is 2.65. The Morgan fingerprint density at radius 3 is 2.94 bits per heavy atom. The normalized spacial score (nSPS) is 10.6. The van der Waals surface area contributed by atoms with Crippen LogP contribution in [-0.2, 0) is 20.1 Å². The van der Waals surface area contributed by atoms with Crippen LogP contribution >= 0.6 is 15.9 Å². The van der Waals surface area contributed by atoms with Crippen LogP contribution in [0.3, 0.4) is 0 Å². The molecule has 0 aliphatic rings. The van der Waals surface area contributed by atoms with Gasteiger partial charge in [-0.2, -0.15) is 0 Å². The van der Waals surface area contributed by atoms with E-state index in [1.165, 1.54) is 5.56 Å². The molecule has 0 saturated heterocycles. The van der Waals surface area contributed by atoms with E-state index in [4.69, 9.17) is 0 Å². The second-order valence-electron chi connectivity index (χ2n) is 3.69. The van der Waals surface area contributed by atoms with Gasteiger partial charge in [0.25, 0.3) is 0 Å². The fraction of sp³-hybridized carbons (Fsp3) is 0.250. The van der Waals surface area contributed by atoms with Crippen molar-refractivity contribution in [2.24, 2.45) is 7.05 Å². The van der Waals surface area contributed by atoms with Crippen LogP contribution in [0.15, 0.2) is 41.1 Å². The molecule has 1 aromatic carbocycles. The molecule has 1 aromatic heterocycles. The van der Waals surface area contributed by atoms with Crippen LogP contribution in [0.1, 0.15) is 11.4 Å². The largest absolute Gasteiger partial charge is 0.337 e. The van der Waals surface area contributed by atoms with Gasteiger partial charge in [-0.25, -0.2) is 4.98 Å². The van der Waals surface area contributed by atoms with E-state index >= 15 is 0 Å². The first-order chi connectivity index (χ1) is 7.75. The van der Waals surface area contributed by atoms with Crippen molar-refractivity contribution in [1.29, 1.82) is 0 Å². The van der Waals surface area contributed by atoms with E-state index in [0.717, 1.165) is 23.4 Å². The molecule has 3 nitrogen and oxygen atoms in total. The average molecular weight is 280 g/mol. The third-order valence-electron chi connectivity index (χ3n) is 2.42. The van der Waals surface area contributed by atoms with E-state index in [-0.39, 0.29) is 0 Å². The maximum absolute atomic E-state index is 4.26. The lowest BCUT2D eigenvalue weighted by Crippen LogP contribution is -2.15. The smallest absolute Gasteiger partial charge is 0.122 e. The molecular formula is C12H14BrN3. The topological polar surface area (TPSA) is 29.9 Å². The first kappa shape index (κ1) is 11.4. The fourth-order valence-electron chi connectivity index (χ4n) is 1.53. The molecule has 0 radical (unpaired) electrons. The molecule has 0 aliphatic carbocycles. The number of hydrogen-bond donors (Lipinski definition) is 1. The fourth-order valence-corrected chi connectivity index (χ4v) is 1.98. The number of aromatic nitrogens is 2. The molecule has 4 heteroatoms. The molecule has 0 fully saturated rings. The summed E-state index contributed by atoms with van der Waals surface area (Å²) in [5.41, 5.74) is 1.27. The summed E-state index contributed by atoms with van der Waals surface area (Å²) < 4.78 is 3.14. The van der Waals surface area contributed by atoms with Crippen LogP contribution in [0.25, 0.3) is 0 Å². The van der Waals surface area contributed by atoms with E-state index in [1.807, 2.05) is 36.1 Å². The number of benzene rings is 1. The van der Waals surface area contributed by atoms with Crippen LogP contribution in [0.4, 0.5) is 0 Å². The van der Waals surface area contributed by atoms with Gasteiger partial charge in [-0.3, -0.25) is 0 Å². The molecule has 0 saturated carbocycles. The van der Waals surface area contributed by atoms with E-state index in [2.05, 4.69) is 38.4 Å². The molecule has 1 N–H and O–H groups in total. The number of hydrogen-bond acceptors (Lipinski definition) is 2. The Labute approximate surface area is 104 Å². The number of imidazole rings is 1. The Hall–Kier alpha value is -1.13. The predicted octanol–water partition coefficient (Wildman–Crippen LogP) is 2.47. The second kappa shape index (κ2) is 5.27. The summed E-state index contributed by atoms with van der Waals surface area (Å²) in [4.78, 5) is 4.26. The second-order valence-corrected chi connectivity index (χ2v) is 4.60. The molecule has 0 bridgehead atoms. The number of halogens is 1. The molecular weight excluding hydrogens is 266 g/mol. The van der Waals surface area contributed by atoms with Gasteiger partial charge >= 0.3 is 0 Å². The number of aryl methyl sites for hydroxylation is 1. The number of rotatable bonds is 4. The number of nitrogens with zero attached hydrogens (tertiary/aromatic N) is 2. The molecule has 2 aromatic rings. The minimum atomic E-state index is 0.788. The molecule has 84 valence electrons. The summed E-state index contributed by atoms with van der Waals surface area (Å²) >= 11 is 3.46. The first-order valence-electron chi connectivity index (χ1n) is 5.17. The van der Waals surface area contributed by atoms with Crippen LogP contribution < -0.4 is 5.32 Å². The Balaban J connectivity index is 1.87. The SMILES string of the molecule is Cn1ccnc1CNCc1cccc(Br)c1. The van der Waals surface area contributed by atoms with Gasteiger partial charge in [0.1, 0.15) is 5.82 Å². The van der Waals surface area contributed by atoms with Crippen molar-refractivity contribution in [1.82, 2.24) is 14.9 Å². The third kappa shape index (κ3) is 2.93. The van der Waals surface area contributed by atoms with Gasteiger partial charge in [-0.1, -0.05) is 28.1 Å². The summed E-state index contributed by atoms with van der Waals surface area (Å²) in [5, 5.41) is 3.37. The standard InChI is InChI=1S/C12H14BrN3/c1-16-6-5-15-12(16)9-14-8-10-3-2-4-11(13)7-10/h2-7,14H,8-9H2,1H3. The molecule has 0 unspecified atom stereocenters. The zero-order valence-electron chi connectivity index (χ0n) is 9.15. The summed E-state index contributed by atoms with van der Waals surface area (Å²) in [6.07, 6.45) is 3.77. The highest BCUT2D eigenvalue weighted by Gasteiger charge is 1.98. The lowest BCUT2D eigenvalue weighted by molar-refractivity contribution is 0.639. The van der Waals surface area contributed by atoms with Crippen molar-refractivity contribution in [2.75, 3.05) is 0 Å². The zero-order valence-corrected chi connectivity index (χ0v) is 10.7. The molecule has 0 spiro atoms. The Kier molecular flexibility index (Phi) is 3.74. The van der Waals surface area contributed by atoms with Crippen molar-refractivity contribution in [3.8, 4) is 0 Å². The van der Waals surface area contributed by atoms with Crippen LogP contribution in [-0.4, -0.2) is 9.55 Å². The molecule has 16 heavy (non-hydrogen) atoms. The van der Waals surface area contributed by atoms with E-state index in [9.17, 15) is 0 Å². The van der Waals surface area contributed by atoms with Gasteiger partial charge in [0.05, 0.1) is 6.54 Å². The highest BCUT2D eigenvalue weighted by atomic mass is 79.9. The van der Waals surface area contributed by atoms with Gasteiger partial charge in [-0.05, 0) is 17.7 Å². The Bertz CT molecular complexity index is 465. The molecule has 1 heterocycles. The summed E-state index contributed by atoms with van der Waals surface area (Å²) in [7, 11) is 2.00. The lowest BCUT2D eigenvalue weighted by atomic mass is 10.2. The first-order valence-corrected chi connectivity index (χ1v) is 5.96. The van der Waals surface area contributed by atoms with Gasteiger partial charge in [-0.15, -0.1) is 0 Å². The van der Waals surface area contributed by atoms with Crippen molar-refractivity contribution < 1.29 is 0 Å². The van der Waals surface area contributed by atoms with E-state index < -0.39 is 0 Å². The minimum absolute atomic E-state index is 0.788. The summed E-state index contributed by atoms with van der Waals surface area (Å²) in [6, 6.07) is 8.30. The Morgan fingerprint density at radius 2 is 2.25 bits per heavy atom. The van der Waals surface area contributed by atoms with Crippen LogP contribution in [0.5, 0.6) is 0 Å². The third-order valence-corrected chi connectivity index (χ3v) is 2.92. The van der Waals surface area contributed by atoms with E-state index in [0.29, 0.717) is 0 Å². The van der Waals surface area contributed by atoms with Crippen molar-refractivity contribution in [3.05, 3.63) is 52.5 Å². The predicted molar refractivity (Wildman–Crippen MR) is 67.9 cm³/mol. The monoisotopic (exact) mass is 279 g/mol. The zero-order chi connectivity index (χ0) is 11.4. The molecule has 0 aliphatic heterocycles. The molecule has 0 amide bonds. The summed E-state index contributed by atoms with van der Waals surface area (Å²) in [5.74, 6) is 1.05. The van der Waals surface area contributed by atoms with Gasteiger partial charge < -0.3 is 9.88 Å². The quantitative estimate of drug-likeness (QED) is 0.932. The lowest BCUT2D eigenvalue weighted by Gasteiger charge is -2.05. The van der Waals surface area contributed by atoms with Gasteiger partial charge in [0.15, 0.2) is 0 Å². The maximum Gasteiger partial charge on any atom is 0.122 e. The van der Waals surface area contributed by atoms with Crippen molar-refractivity contribution >= 4 is 15.9 Å². The van der Waals surface area contributed by atoms with Gasteiger partial charge in [0, 0.05) is 30.5 Å². The summed E-state index contributed by atoms with van der Waals surface area (Å²) in [6.45, 7) is 1.64. The van der Waals surface area contributed by atoms with Crippen LogP contribution in [0.2, 0.25) is 0 Å². The maximum atomic E-state index is 4.26. The van der Waals surface area contributed by atoms with E-state index in [1.54, 1.807) is 0 Å². The molecule has 0 atom stereocenters. The van der Waals surface area contributed by atoms with Gasteiger partial charge in [0.2, 0.25) is 0 Å². The van der Waals surface area contributed by atoms with Crippen LogP contribution in [0, 0.1) is 0 Å². The number of nitrogens with one attached hydrogen (secondary N) is 1. The highest BCUT2D eigenvalue weighted by Crippen LogP contribution is 2.11.